The Morgan fingerprint density at radius 1 is 0.921 bits per heavy atom. The molecule has 0 spiro atoms. The van der Waals surface area contributed by atoms with Crippen molar-refractivity contribution in [3.63, 3.8) is 0 Å². The van der Waals surface area contributed by atoms with Gasteiger partial charge in [-0.05, 0) is 41.5 Å². The molecule has 1 aliphatic heterocycles. The quantitative estimate of drug-likeness (QED) is 0.189. The summed E-state index contributed by atoms with van der Waals surface area (Å²) in [6, 6.07) is 12.3. The first kappa shape index (κ1) is 34.2. The fraction of sp³-hybridized carbons (Fsp3) is 0.393. The van der Waals surface area contributed by atoms with E-state index in [2.05, 4.69) is 23.5 Å². The molecule has 0 N–H and O–H groups in total. The normalized spacial score (nSPS) is 16.6. The second-order valence-corrected chi connectivity index (χ2v) is 8.48. The van der Waals surface area contributed by atoms with Crippen LogP contribution >= 0.6 is 11.6 Å². The molecule has 10 heteroatoms. The van der Waals surface area contributed by atoms with Crippen molar-refractivity contribution in [2.75, 3.05) is 0 Å². The predicted molar refractivity (Wildman–Crippen MR) is 144 cm³/mol. The van der Waals surface area contributed by atoms with E-state index >= 15 is 0 Å². The van der Waals surface area contributed by atoms with E-state index < -0.39 is 40.5 Å². The van der Waals surface area contributed by atoms with Crippen LogP contribution in [0.15, 0.2) is 59.8 Å². The Bertz CT molecular complexity index is 1230. The summed E-state index contributed by atoms with van der Waals surface area (Å²) in [4.78, 5) is 4.90. The molecule has 1 unspecified atom stereocenters. The van der Waals surface area contributed by atoms with Crippen LogP contribution in [0.2, 0.25) is 9.51 Å². The molecule has 0 fully saturated rings. The van der Waals surface area contributed by atoms with E-state index in [0.29, 0.717) is 23.1 Å². The van der Waals surface area contributed by atoms with Crippen molar-refractivity contribution >= 4 is 53.9 Å². The number of alkyl halides is 6. The average Bonchev–Trinajstić information content (AvgIpc) is 3.34. The second-order valence-electron chi connectivity index (χ2n) is 8.04. The van der Waals surface area contributed by atoms with E-state index in [-0.39, 0.29) is 5.71 Å². The molecule has 1 atom stereocenters. The Kier molecular flexibility index (Phi) is 13.1. The van der Waals surface area contributed by atoms with Gasteiger partial charge in [-0.1, -0.05) is 87.3 Å². The molecule has 3 aromatic carbocycles. The fourth-order valence-electron chi connectivity index (χ4n) is 3.74. The van der Waals surface area contributed by atoms with Crippen LogP contribution < -0.4 is 0 Å². The van der Waals surface area contributed by atoms with Gasteiger partial charge < -0.3 is 4.84 Å². The maximum absolute atomic E-state index is 14.2. The van der Waals surface area contributed by atoms with Gasteiger partial charge in [-0.2, -0.15) is 26.3 Å². The Morgan fingerprint density at radius 3 is 2.00 bits per heavy atom. The van der Waals surface area contributed by atoms with Crippen LogP contribution in [0.1, 0.15) is 62.8 Å². The van der Waals surface area contributed by atoms with Gasteiger partial charge in [0.2, 0.25) is 0 Å². The van der Waals surface area contributed by atoms with Crippen molar-refractivity contribution < 1.29 is 31.2 Å². The molecule has 0 saturated heterocycles. The first-order chi connectivity index (χ1) is 17.8. The number of oxime groups is 1. The molecule has 1 aliphatic rings. The predicted octanol–water partition coefficient (Wildman–Crippen LogP) is 10.0. The fourth-order valence-corrected chi connectivity index (χ4v) is 3.97. The summed E-state index contributed by atoms with van der Waals surface area (Å²) >= 11 is 6.90. The van der Waals surface area contributed by atoms with Crippen molar-refractivity contribution in [3.05, 3.63) is 81.9 Å². The summed E-state index contributed by atoms with van der Waals surface area (Å²) in [6.45, 7) is 10.1. The first-order valence-corrected chi connectivity index (χ1v) is 17.0. The zero-order valence-corrected chi connectivity index (χ0v) is 27.4. The van der Waals surface area contributed by atoms with E-state index in [1.165, 1.54) is 32.2 Å². The van der Waals surface area contributed by atoms with Gasteiger partial charge in [0.1, 0.15) is 0 Å². The number of nitrogens with zero attached hydrogens (tertiary/aromatic N) is 1. The van der Waals surface area contributed by atoms with E-state index in [1.54, 1.807) is 30.3 Å². The van der Waals surface area contributed by atoms with Crippen molar-refractivity contribution in [3.8, 4) is 0 Å². The molecule has 0 aromatic heterocycles. The van der Waals surface area contributed by atoms with Crippen molar-refractivity contribution in [2.24, 2.45) is 5.16 Å². The standard InChI is InChI=1S/C22H14ClF6NO.C3H8.C2H6.CH3.Tl/c1-12-6-7-18(17-5-3-2-4-16(12)17)19-11-20(31-30-19,22(27,28)29)13-8-14(21(24,25)26)10-15(23)9-13;1-3-2;1-2;;/h2-10H,11H2,1H3;3H2,1-2H3;1-2H3;1H3;. The van der Waals surface area contributed by atoms with Gasteiger partial charge in [0, 0.05) is 22.6 Å². The average molecular weight is 751 g/mol. The first-order valence-electron chi connectivity index (χ1n) is 12.1. The summed E-state index contributed by atoms with van der Waals surface area (Å²) in [5, 5.41) is 4.70. The molecule has 0 saturated carbocycles. The Hall–Kier alpha value is -1.82. The Balaban J connectivity index is 0.000000944. The third-order valence-electron chi connectivity index (χ3n) is 5.33. The molecule has 2 nitrogen and oxygen atoms in total. The number of hydrogen-bond donors (Lipinski definition) is 0. The number of aryl methyl sites for hydroxylation is 1. The summed E-state index contributed by atoms with van der Waals surface area (Å²) < 4.78 is 84.4. The third-order valence-corrected chi connectivity index (χ3v) is 5.55. The summed E-state index contributed by atoms with van der Waals surface area (Å²) in [5.74, 6) is 0. The van der Waals surface area contributed by atoms with Gasteiger partial charge in [-0.25, -0.2) is 0 Å². The van der Waals surface area contributed by atoms with Gasteiger partial charge in [-0.3, -0.25) is 0 Å². The number of hydrogen-bond acceptors (Lipinski definition) is 2. The van der Waals surface area contributed by atoms with Gasteiger partial charge in [0.05, 0.1) is 11.3 Å². The van der Waals surface area contributed by atoms with Gasteiger partial charge in [0.15, 0.2) is 0 Å². The summed E-state index contributed by atoms with van der Waals surface area (Å²) in [6.07, 6.45) is -9.46. The van der Waals surface area contributed by atoms with Crippen molar-refractivity contribution in [2.45, 2.75) is 69.9 Å². The molecule has 206 valence electrons. The topological polar surface area (TPSA) is 21.6 Å². The third kappa shape index (κ3) is 7.64. The number of rotatable bonds is 2. The molecule has 0 aliphatic carbocycles. The van der Waals surface area contributed by atoms with Crippen molar-refractivity contribution in [1.82, 2.24) is 0 Å². The van der Waals surface area contributed by atoms with E-state index in [0.717, 1.165) is 17.0 Å². The van der Waals surface area contributed by atoms with Crippen molar-refractivity contribution in [1.29, 1.82) is 0 Å². The van der Waals surface area contributed by atoms with Gasteiger partial charge >= 0.3 is 42.6 Å². The zero-order valence-electron chi connectivity index (χ0n) is 22.2. The zero-order chi connectivity index (χ0) is 29.3. The van der Waals surface area contributed by atoms with Gasteiger partial charge in [0.25, 0.3) is 5.60 Å². The molecule has 0 bridgehead atoms. The van der Waals surface area contributed by atoms with Crippen LogP contribution in [-0.4, -0.2) is 37.7 Å². The summed E-state index contributed by atoms with van der Waals surface area (Å²) in [5.41, 5.74) is -3.80. The number of halogens is 7. The maximum atomic E-state index is 14.2. The minimum absolute atomic E-state index is 0.0120. The van der Waals surface area contributed by atoms with Crippen LogP contribution in [0.4, 0.5) is 26.3 Å². The van der Waals surface area contributed by atoms with Crippen LogP contribution in [0.3, 0.4) is 0 Å². The SMILES string of the molecule is CC.CCC.Cc1ccc(C2=NOC(c3cc(Cl)cc(C(F)(F)F)c3)(C(F)(F)F)C2)c2ccccc12.[CH3][Tl]. The molecule has 3 aromatic rings. The Labute approximate surface area is 241 Å². The van der Waals surface area contributed by atoms with E-state index in [9.17, 15) is 26.3 Å². The van der Waals surface area contributed by atoms with Crippen LogP contribution in [0.5, 0.6) is 0 Å². The molecule has 4 rings (SSSR count). The Morgan fingerprint density at radius 2 is 1.47 bits per heavy atom. The monoisotopic (exact) mass is 751 g/mol. The second kappa shape index (κ2) is 14.5. The van der Waals surface area contributed by atoms with Gasteiger partial charge in [-0.15, -0.1) is 0 Å². The molecule has 0 amide bonds. The number of fused-ring (bicyclic) bond motifs is 1. The summed E-state index contributed by atoms with van der Waals surface area (Å²) in [7, 11) is 0. The molecule has 38 heavy (non-hydrogen) atoms. The molecule has 0 radical (unpaired) electrons. The minimum atomic E-state index is -5.05. The van der Waals surface area contributed by atoms with Crippen LogP contribution in [0, 0.1) is 6.92 Å². The molecule has 1 heterocycles. The molecular formula is C28H31ClF6NOTl. The van der Waals surface area contributed by atoms with Crippen LogP contribution in [0.25, 0.3) is 10.8 Å². The van der Waals surface area contributed by atoms with Crippen LogP contribution in [-0.2, 0) is 16.6 Å². The number of benzene rings is 3. The van der Waals surface area contributed by atoms with E-state index in [4.69, 9.17) is 16.4 Å². The van der Waals surface area contributed by atoms with E-state index in [1.807, 2.05) is 26.8 Å². The molecular weight excluding hydrogens is 720 g/mol.